The van der Waals surface area contributed by atoms with Gasteiger partial charge in [0.15, 0.2) is 11.5 Å². The van der Waals surface area contributed by atoms with E-state index in [0.29, 0.717) is 54.1 Å². The van der Waals surface area contributed by atoms with Crippen molar-refractivity contribution in [2.45, 2.75) is 31.8 Å². The fourth-order valence-electron chi connectivity index (χ4n) is 4.42. The van der Waals surface area contributed by atoms with Crippen LogP contribution in [0.2, 0.25) is 0 Å². The van der Waals surface area contributed by atoms with E-state index in [-0.39, 0.29) is 17.9 Å². The van der Waals surface area contributed by atoms with Gasteiger partial charge in [0, 0.05) is 24.7 Å². The first kappa shape index (κ1) is 23.3. The number of ether oxygens (including phenoxy) is 2. The predicted octanol–water partition coefficient (Wildman–Crippen LogP) is 2.11. The lowest BCUT2D eigenvalue weighted by Gasteiger charge is -2.35. The highest BCUT2D eigenvalue weighted by Crippen LogP contribution is 2.28. The van der Waals surface area contributed by atoms with E-state index in [0.717, 1.165) is 4.90 Å². The molecule has 34 heavy (non-hydrogen) atoms. The number of hydrogen-bond donors (Lipinski definition) is 1. The molecule has 2 heterocycles. The van der Waals surface area contributed by atoms with Crippen LogP contribution in [0.15, 0.2) is 42.5 Å². The topological polar surface area (TPSA) is 105 Å². The van der Waals surface area contributed by atoms with Crippen molar-refractivity contribution in [2.24, 2.45) is 0 Å². The van der Waals surface area contributed by atoms with Gasteiger partial charge in [0.2, 0.25) is 5.91 Å². The van der Waals surface area contributed by atoms with Crippen LogP contribution in [0.4, 0.5) is 0 Å². The van der Waals surface area contributed by atoms with E-state index < -0.39 is 17.9 Å². The van der Waals surface area contributed by atoms with Crippen LogP contribution in [-0.2, 0) is 4.79 Å². The first-order valence-corrected chi connectivity index (χ1v) is 11.1. The zero-order valence-corrected chi connectivity index (χ0v) is 19.4. The smallest absolute Gasteiger partial charge is 0.262 e. The van der Waals surface area contributed by atoms with Crippen LogP contribution in [-0.4, -0.2) is 72.8 Å². The summed E-state index contributed by atoms with van der Waals surface area (Å²) in [6.07, 6.45) is 1.14. The molecule has 9 nitrogen and oxygen atoms in total. The van der Waals surface area contributed by atoms with E-state index in [9.17, 15) is 19.2 Å². The van der Waals surface area contributed by atoms with Gasteiger partial charge in [-0.05, 0) is 50.1 Å². The number of fused-ring (bicyclic) bond motifs is 1. The number of benzene rings is 2. The minimum Gasteiger partial charge on any atom is -0.493 e. The normalized spacial score (nSPS) is 16.8. The van der Waals surface area contributed by atoms with Crippen molar-refractivity contribution in [2.75, 3.05) is 27.3 Å². The van der Waals surface area contributed by atoms with E-state index in [2.05, 4.69) is 5.32 Å². The molecule has 0 spiro atoms. The van der Waals surface area contributed by atoms with Gasteiger partial charge in [-0.2, -0.15) is 0 Å². The molecule has 1 N–H and O–H groups in total. The molecule has 4 amide bonds. The number of imide groups is 1. The molecule has 1 atom stereocenters. The van der Waals surface area contributed by atoms with E-state index in [1.165, 1.54) is 14.2 Å². The van der Waals surface area contributed by atoms with E-state index in [4.69, 9.17) is 9.47 Å². The van der Waals surface area contributed by atoms with Crippen molar-refractivity contribution in [1.82, 2.24) is 15.1 Å². The van der Waals surface area contributed by atoms with Gasteiger partial charge in [-0.3, -0.25) is 24.1 Å². The molecular weight excluding hydrogens is 438 g/mol. The minimum atomic E-state index is -0.898. The summed E-state index contributed by atoms with van der Waals surface area (Å²) in [6.45, 7) is 2.42. The standard InChI is InChI=1S/C25H27N3O6/c1-15(28-24(31)18-6-4-5-7-19(18)25(28)32)23(30)27-12-10-17(11-13-27)26-22(29)16-8-9-20(33-2)21(14-16)34-3/h4-9,14-15,17H,10-13H2,1-3H3,(H,26,29). The third-order valence-electron chi connectivity index (χ3n) is 6.36. The highest BCUT2D eigenvalue weighted by molar-refractivity contribution is 6.22. The lowest BCUT2D eigenvalue weighted by atomic mass is 10.0. The summed E-state index contributed by atoms with van der Waals surface area (Å²) in [5, 5.41) is 3.00. The molecule has 0 bridgehead atoms. The van der Waals surface area contributed by atoms with Gasteiger partial charge < -0.3 is 19.7 Å². The molecule has 9 heteroatoms. The van der Waals surface area contributed by atoms with Crippen molar-refractivity contribution in [3.05, 3.63) is 59.2 Å². The monoisotopic (exact) mass is 465 g/mol. The van der Waals surface area contributed by atoms with E-state index in [1.54, 1.807) is 54.3 Å². The van der Waals surface area contributed by atoms with Crippen LogP contribution in [0.3, 0.4) is 0 Å². The number of nitrogens with one attached hydrogen (secondary N) is 1. The molecule has 2 aromatic carbocycles. The van der Waals surface area contributed by atoms with Gasteiger partial charge in [0.05, 0.1) is 25.3 Å². The maximum absolute atomic E-state index is 13.1. The number of piperidine rings is 1. The second kappa shape index (κ2) is 9.54. The number of nitrogens with zero attached hydrogens (tertiary/aromatic N) is 2. The number of carbonyl (C=O) groups excluding carboxylic acids is 4. The number of carbonyl (C=O) groups is 4. The quantitative estimate of drug-likeness (QED) is 0.655. The third kappa shape index (κ3) is 4.21. The highest BCUT2D eigenvalue weighted by Gasteiger charge is 2.42. The van der Waals surface area contributed by atoms with Gasteiger partial charge in [0.1, 0.15) is 6.04 Å². The van der Waals surface area contributed by atoms with Gasteiger partial charge in [-0.1, -0.05) is 12.1 Å². The van der Waals surface area contributed by atoms with Crippen molar-refractivity contribution >= 4 is 23.6 Å². The number of hydrogen-bond acceptors (Lipinski definition) is 6. The minimum absolute atomic E-state index is 0.0979. The number of likely N-dealkylation sites (tertiary alicyclic amines) is 1. The largest absolute Gasteiger partial charge is 0.493 e. The predicted molar refractivity (Wildman–Crippen MR) is 123 cm³/mol. The van der Waals surface area contributed by atoms with E-state index in [1.807, 2.05) is 0 Å². The first-order valence-electron chi connectivity index (χ1n) is 11.1. The average Bonchev–Trinajstić information content (AvgIpc) is 3.13. The Balaban J connectivity index is 1.34. The Labute approximate surface area is 197 Å². The SMILES string of the molecule is COc1ccc(C(=O)NC2CCN(C(=O)C(C)N3C(=O)c4ccccc4C3=O)CC2)cc1OC. The van der Waals surface area contributed by atoms with E-state index >= 15 is 0 Å². The average molecular weight is 466 g/mol. The van der Waals surface area contributed by atoms with Crippen LogP contribution in [0.25, 0.3) is 0 Å². The number of rotatable bonds is 6. The summed E-state index contributed by atoms with van der Waals surface area (Å²) in [5.74, 6) is -0.392. The van der Waals surface area contributed by atoms with Gasteiger partial charge >= 0.3 is 0 Å². The molecular formula is C25H27N3O6. The lowest BCUT2D eigenvalue weighted by Crippen LogP contribution is -2.53. The second-order valence-electron chi connectivity index (χ2n) is 8.34. The maximum Gasteiger partial charge on any atom is 0.262 e. The molecule has 0 saturated carbocycles. The fraction of sp³-hybridized carbons (Fsp3) is 0.360. The summed E-state index contributed by atoms with van der Waals surface area (Å²) in [6, 6.07) is 10.6. The van der Waals surface area contributed by atoms with Crippen LogP contribution < -0.4 is 14.8 Å². The van der Waals surface area contributed by atoms with Crippen molar-refractivity contribution in [3.63, 3.8) is 0 Å². The molecule has 1 saturated heterocycles. The third-order valence-corrected chi connectivity index (χ3v) is 6.36. The molecule has 0 radical (unpaired) electrons. The Morgan fingerprint density at radius 1 is 0.941 bits per heavy atom. The van der Waals surface area contributed by atoms with Crippen molar-refractivity contribution in [1.29, 1.82) is 0 Å². The Hall–Kier alpha value is -3.88. The zero-order valence-electron chi connectivity index (χ0n) is 19.4. The summed E-state index contributed by atoms with van der Waals surface area (Å²) in [7, 11) is 3.04. The van der Waals surface area contributed by atoms with Crippen LogP contribution in [0.1, 0.15) is 50.8 Å². The molecule has 1 fully saturated rings. The van der Waals surface area contributed by atoms with Gasteiger partial charge in [-0.25, -0.2) is 0 Å². The van der Waals surface area contributed by atoms with Crippen LogP contribution >= 0.6 is 0 Å². The molecule has 2 aliphatic heterocycles. The Kier molecular flexibility index (Phi) is 6.54. The molecule has 1 unspecified atom stereocenters. The second-order valence-corrected chi connectivity index (χ2v) is 8.34. The number of methoxy groups -OCH3 is 2. The fourth-order valence-corrected chi connectivity index (χ4v) is 4.42. The number of amides is 4. The molecule has 2 aliphatic rings. The molecule has 4 rings (SSSR count). The van der Waals surface area contributed by atoms with Crippen LogP contribution in [0.5, 0.6) is 11.5 Å². The Morgan fingerprint density at radius 3 is 2.09 bits per heavy atom. The maximum atomic E-state index is 13.1. The summed E-state index contributed by atoms with van der Waals surface area (Å²) < 4.78 is 10.5. The molecule has 0 aromatic heterocycles. The summed E-state index contributed by atoms with van der Waals surface area (Å²) in [5.41, 5.74) is 1.10. The van der Waals surface area contributed by atoms with Gasteiger partial charge in [0.25, 0.3) is 17.7 Å². The van der Waals surface area contributed by atoms with Crippen molar-refractivity contribution in [3.8, 4) is 11.5 Å². The summed E-state index contributed by atoms with van der Waals surface area (Å²) >= 11 is 0. The van der Waals surface area contributed by atoms with Crippen LogP contribution in [0, 0.1) is 0 Å². The van der Waals surface area contributed by atoms with Crippen molar-refractivity contribution < 1.29 is 28.7 Å². The van der Waals surface area contributed by atoms with Gasteiger partial charge in [-0.15, -0.1) is 0 Å². The Bertz CT molecular complexity index is 1100. The zero-order chi connectivity index (χ0) is 24.4. The Morgan fingerprint density at radius 2 is 1.53 bits per heavy atom. The first-order chi connectivity index (χ1) is 16.3. The molecule has 0 aliphatic carbocycles. The molecule has 178 valence electrons. The highest BCUT2D eigenvalue weighted by atomic mass is 16.5. The summed E-state index contributed by atoms with van der Waals surface area (Å²) in [4.78, 5) is 53.8. The lowest BCUT2D eigenvalue weighted by molar-refractivity contribution is -0.136. The molecule has 2 aromatic rings.